The van der Waals surface area contributed by atoms with Gasteiger partial charge in [0.1, 0.15) is 0 Å². The largest absolute Gasteiger partial charge is 0.309 e. The number of nitrogens with zero attached hydrogens (tertiary/aromatic N) is 3. The second-order valence-corrected chi connectivity index (χ2v) is 10.2. The summed E-state index contributed by atoms with van der Waals surface area (Å²) in [6.45, 7) is 1.33. The first kappa shape index (κ1) is 21.4. The van der Waals surface area contributed by atoms with Gasteiger partial charge in [0.2, 0.25) is 5.91 Å². The van der Waals surface area contributed by atoms with Gasteiger partial charge in [-0.25, -0.2) is 13.4 Å². The van der Waals surface area contributed by atoms with E-state index >= 15 is 0 Å². The summed E-state index contributed by atoms with van der Waals surface area (Å²) in [5.41, 5.74) is 0.842. The summed E-state index contributed by atoms with van der Waals surface area (Å²) < 4.78 is 26.1. The number of amides is 1. The van der Waals surface area contributed by atoms with Gasteiger partial charge in [-0.2, -0.15) is 0 Å². The van der Waals surface area contributed by atoms with Crippen LogP contribution in [0.5, 0.6) is 0 Å². The number of carbonyl (C=O) groups is 1. The number of sulfone groups is 1. The smallest absolute Gasteiger partial charge is 0.229 e. The minimum absolute atomic E-state index is 0.0743. The summed E-state index contributed by atoms with van der Waals surface area (Å²) in [6.07, 6.45) is 0.704. The van der Waals surface area contributed by atoms with Gasteiger partial charge in [0.05, 0.1) is 20.9 Å². The minimum Gasteiger partial charge on any atom is -0.309 e. The van der Waals surface area contributed by atoms with Crippen molar-refractivity contribution in [1.82, 2.24) is 9.88 Å². The van der Waals surface area contributed by atoms with Crippen LogP contribution in [0.2, 0.25) is 0 Å². The standard InChI is InChI=1S/C21H25N3O3S2/c1-23(2)14-8-15-24(21-22-18-11-6-7-12-19(18)28-21)20(25)13-16-29(26,27)17-9-4-3-5-10-17/h3-7,9-12H,8,13-16H2,1-2H3. The topological polar surface area (TPSA) is 70.6 Å². The fraction of sp³-hybridized carbons (Fsp3) is 0.333. The lowest BCUT2D eigenvalue weighted by atomic mass is 10.3. The second kappa shape index (κ2) is 9.47. The number of hydrogen-bond acceptors (Lipinski definition) is 6. The molecule has 6 nitrogen and oxygen atoms in total. The van der Waals surface area contributed by atoms with Gasteiger partial charge in [-0.3, -0.25) is 9.69 Å². The van der Waals surface area contributed by atoms with Crippen molar-refractivity contribution in [3.05, 3.63) is 54.6 Å². The predicted octanol–water partition coefficient (Wildman–Crippen LogP) is 3.45. The molecule has 0 N–H and O–H groups in total. The van der Waals surface area contributed by atoms with E-state index in [0.717, 1.165) is 23.2 Å². The molecule has 0 aliphatic heterocycles. The second-order valence-electron chi connectivity index (χ2n) is 7.05. The normalized spacial score (nSPS) is 11.8. The molecule has 0 bridgehead atoms. The number of thiazole rings is 1. The molecule has 0 saturated carbocycles. The van der Waals surface area contributed by atoms with Crippen molar-refractivity contribution in [3.8, 4) is 0 Å². The number of rotatable bonds is 9. The average molecular weight is 432 g/mol. The Morgan fingerprint density at radius 2 is 1.69 bits per heavy atom. The summed E-state index contributed by atoms with van der Waals surface area (Å²) in [4.78, 5) is 21.5. The van der Waals surface area contributed by atoms with Crippen molar-refractivity contribution in [1.29, 1.82) is 0 Å². The van der Waals surface area contributed by atoms with Crippen LogP contribution < -0.4 is 4.90 Å². The van der Waals surface area contributed by atoms with E-state index in [-0.39, 0.29) is 23.0 Å². The quantitative estimate of drug-likeness (QED) is 0.519. The molecular formula is C21H25N3O3S2. The first-order chi connectivity index (χ1) is 13.9. The van der Waals surface area contributed by atoms with Crippen LogP contribution >= 0.6 is 11.3 Å². The number of carbonyl (C=O) groups excluding carboxylic acids is 1. The lowest BCUT2D eigenvalue weighted by Crippen LogP contribution is -2.34. The molecular weight excluding hydrogens is 406 g/mol. The lowest BCUT2D eigenvalue weighted by molar-refractivity contribution is -0.118. The zero-order valence-corrected chi connectivity index (χ0v) is 18.2. The Balaban J connectivity index is 1.76. The fourth-order valence-corrected chi connectivity index (χ4v) is 5.21. The molecule has 8 heteroatoms. The number of aromatic nitrogens is 1. The SMILES string of the molecule is CN(C)CCCN(C(=O)CCS(=O)(=O)c1ccccc1)c1nc2ccccc2s1. The molecule has 0 spiro atoms. The van der Waals surface area contributed by atoms with Crippen molar-refractivity contribution in [3.63, 3.8) is 0 Å². The van der Waals surface area contributed by atoms with E-state index in [1.165, 1.54) is 11.3 Å². The molecule has 1 heterocycles. The Morgan fingerprint density at radius 3 is 2.38 bits per heavy atom. The summed E-state index contributed by atoms with van der Waals surface area (Å²) in [5.74, 6) is -0.437. The molecule has 0 aliphatic carbocycles. The number of benzene rings is 2. The van der Waals surface area contributed by atoms with Crippen molar-refractivity contribution in [2.24, 2.45) is 0 Å². The van der Waals surface area contributed by atoms with Crippen LogP contribution in [0.3, 0.4) is 0 Å². The first-order valence-electron chi connectivity index (χ1n) is 9.45. The van der Waals surface area contributed by atoms with Gasteiger partial charge in [-0.15, -0.1) is 0 Å². The molecule has 1 aromatic heterocycles. The molecule has 0 saturated heterocycles. The maximum atomic E-state index is 13.0. The van der Waals surface area contributed by atoms with Crippen LogP contribution in [0.4, 0.5) is 5.13 Å². The monoisotopic (exact) mass is 431 g/mol. The van der Waals surface area contributed by atoms with Crippen LogP contribution in [0.15, 0.2) is 59.5 Å². The highest BCUT2D eigenvalue weighted by molar-refractivity contribution is 7.91. The van der Waals surface area contributed by atoms with E-state index in [2.05, 4.69) is 9.88 Å². The molecule has 0 radical (unpaired) electrons. The van der Waals surface area contributed by atoms with E-state index in [4.69, 9.17) is 0 Å². The third kappa shape index (κ3) is 5.62. The van der Waals surface area contributed by atoms with Crippen molar-refractivity contribution >= 4 is 42.4 Å². The highest BCUT2D eigenvalue weighted by atomic mass is 32.2. The molecule has 0 fully saturated rings. The summed E-state index contributed by atoms with van der Waals surface area (Å²) in [6, 6.07) is 16.0. The highest BCUT2D eigenvalue weighted by Gasteiger charge is 2.23. The number of hydrogen-bond donors (Lipinski definition) is 0. The molecule has 154 valence electrons. The third-order valence-electron chi connectivity index (χ3n) is 4.49. The molecule has 0 aliphatic rings. The predicted molar refractivity (Wildman–Crippen MR) is 118 cm³/mol. The first-order valence-corrected chi connectivity index (χ1v) is 11.9. The molecule has 3 aromatic rings. The van der Waals surface area contributed by atoms with E-state index in [9.17, 15) is 13.2 Å². The Morgan fingerprint density at radius 1 is 1.00 bits per heavy atom. The van der Waals surface area contributed by atoms with E-state index in [1.807, 2.05) is 38.4 Å². The highest BCUT2D eigenvalue weighted by Crippen LogP contribution is 2.29. The maximum absolute atomic E-state index is 13.0. The Kier molecular flexibility index (Phi) is 7.00. The molecule has 29 heavy (non-hydrogen) atoms. The van der Waals surface area contributed by atoms with Crippen LogP contribution in [-0.4, -0.2) is 57.1 Å². The average Bonchev–Trinajstić information content (AvgIpc) is 3.14. The number of para-hydroxylation sites is 1. The summed E-state index contributed by atoms with van der Waals surface area (Å²) in [7, 11) is 0.462. The molecule has 1 amide bonds. The zero-order chi connectivity index (χ0) is 20.9. The number of fused-ring (bicyclic) bond motifs is 1. The van der Waals surface area contributed by atoms with E-state index < -0.39 is 9.84 Å². The summed E-state index contributed by atoms with van der Waals surface area (Å²) in [5, 5.41) is 0.618. The Labute approximate surface area is 175 Å². The van der Waals surface area contributed by atoms with Gasteiger partial charge in [0.15, 0.2) is 15.0 Å². The summed E-state index contributed by atoms with van der Waals surface area (Å²) >= 11 is 1.45. The van der Waals surface area contributed by atoms with Crippen LogP contribution in [0, 0.1) is 0 Å². The van der Waals surface area contributed by atoms with Crippen molar-refractivity contribution in [2.45, 2.75) is 17.7 Å². The third-order valence-corrected chi connectivity index (χ3v) is 7.28. The van der Waals surface area contributed by atoms with Gasteiger partial charge in [-0.05, 0) is 51.3 Å². The fourth-order valence-electron chi connectivity index (χ4n) is 2.95. The zero-order valence-electron chi connectivity index (χ0n) is 16.6. The maximum Gasteiger partial charge on any atom is 0.229 e. The van der Waals surface area contributed by atoms with Gasteiger partial charge in [0.25, 0.3) is 0 Å². The van der Waals surface area contributed by atoms with Crippen LogP contribution in [-0.2, 0) is 14.6 Å². The Hall–Kier alpha value is -2.29. The lowest BCUT2D eigenvalue weighted by Gasteiger charge is -2.21. The molecule has 2 aromatic carbocycles. The van der Waals surface area contributed by atoms with Crippen LogP contribution in [0.1, 0.15) is 12.8 Å². The van der Waals surface area contributed by atoms with Crippen molar-refractivity contribution in [2.75, 3.05) is 37.8 Å². The molecule has 0 atom stereocenters. The van der Waals surface area contributed by atoms with Gasteiger partial charge in [-0.1, -0.05) is 41.7 Å². The Bertz CT molecular complexity index is 1030. The van der Waals surface area contributed by atoms with Crippen LogP contribution in [0.25, 0.3) is 10.2 Å². The minimum atomic E-state index is -3.50. The van der Waals surface area contributed by atoms with Gasteiger partial charge in [0, 0.05) is 13.0 Å². The van der Waals surface area contributed by atoms with Gasteiger partial charge >= 0.3 is 0 Å². The van der Waals surface area contributed by atoms with E-state index in [0.29, 0.717) is 11.7 Å². The number of anilines is 1. The molecule has 0 unspecified atom stereocenters. The van der Waals surface area contributed by atoms with Gasteiger partial charge < -0.3 is 4.90 Å². The molecule has 3 rings (SSSR count). The van der Waals surface area contributed by atoms with Crippen molar-refractivity contribution < 1.29 is 13.2 Å². The van der Waals surface area contributed by atoms with E-state index in [1.54, 1.807) is 35.2 Å².